The van der Waals surface area contributed by atoms with Crippen LogP contribution in [0.4, 0.5) is 0 Å². The van der Waals surface area contributed by atoms with Gasteiger partial charge in [-0.25, -0.2) is 0 Å². The second-order valence-electron chi connectivity index (χ2n) is 6.05. The fraction of sp³-hybridized carbons (Fsp3) is 0.294. The summed E-state index contributed by atoms with van der Waals surface area (Å²) in [6.07, 6.45) is 2.41. The van der Waals surface area contributed by atoms with E-state index in [0.29, 0.717) is 11.8 Å². The van der Waals surface area contributed by atoms with Crippen molar-refractivity contribution in [3.8, 4) is 5.75 Å². The van der Waals surface area contributed by atoms with Gasteiger partial charge in [0.25, 0.3) is 0 Å². The normalized spacial score (nSPS) is 31.3. The van der Waals surface area contributed by atoms with Crippen LogP contribution in [0.25, 0.3) is 0 Å². The van der Waals surface area contributed by atoms with Gasteiger partial charge < -0.3 is 4.74 Å². The number of thioether (sulfide) groups is 1. The van der Waals surface area contributed by atoms with Gasteiger partial charge in [-0.05, 0) is 80.8 Å². The average Bonchev–Trinajstić information content (AvgIpc) is 3.10. The molecule has 1 saturated carbocycles. The smallest absolute Gasteiger partial charge is 0.166 e. The SMILES string of the molecule is Ic1cc(I)c2c(c1)SC1(CC3CC1c1ccccc13)O2. The highest BCUT2D eigenvalue weighted by Crippen LogP contribution is 2.68. The largest absolute Gasteiger partial charge is 0.473 e. The van der Waals surface area contributed by atoms with Crippen molar-refractivity contribution in [2.75, 3.05) is 0 Å². The number of hydrogen-bond donors (Lipinski definition) is 0. The van der Waals surface area contributed by atoms with Crippen molar-refractivity contribution in [1.82, 2.24) is 0 Å². The molecule has 5 rings (SSSR count). The summed E-state index contributed by atoms with van der Waals surface area (Å²) in [5.74, 6) is 2.35. The van der Waals surface area contributed by atoms with Crippen LogP contribution in [0, 0.1) is 7.14 Å². The van der Waals surface area contributed by atoms with E-state index in [0.717, 1.165) is 12.2 Å². The number of benzene rings is 2. The Balaban J connectivity index is 1.61. The zero-order chi connectivity index (χ0) is 14.2. The van der Waals surface area contributed by atoms with Gasteiger partial charge in [-0.15, -0.1) is 0 Å². The van der Waals surface area contributed by atoms with E-state index in [1.54, 1.807) is 5.56 Å². The van der Waals surface area contributed by atoms with E-state index < -0.39 is 0 Å². The lowest BCUT2D eigenvalue weighted by atomic mass is 9.89. The van der Waals surface area contributed by atoms with E-state index in [-0.39, 0.29) is 4.93 Å². The molecule has 0 aromatic heterocycles. The molecule has 2 aromatic rings. The zero-order valence-corrected chi connectivity index (χ0v) is 16.2. The summed E-state index contributed by atoms with van der Waals surface area (Å²) in [7, 11) is 0. The third-order valence-electron chi connectivity index (χ3n) is 4.93. The summed E-state index contributed by atoms with van der Waals surface area (Å²) in [5.41, 5.74) is 3.09. The molecule has 1 fully saturated rings. The molecule has 1 spiro atoms. The van der Waals surface area contributed by atoms with Crippen molar-refractivity contribution in [3.05, 3.63) is 54.7 Å². The lowest BCUT2D eigenvalue weighted by Gasteiger charge is -2.33. The second-order valence-corrected chi connectivity index (χ2v) is 9.79. The first-order chi connectivity index (χ1) is 10.2. The quantitative estimate of drug-likeness (QED) is 0.411. The van der Waals surface area contributed by atoms with Gasteiger partial charge in [-0.3, -0.25) is 0 Å². The second kappa shape index (κ2) is 4.54. The van der Waals surface area contributed by atoms with Gasteiger partial charge in [-0.1, -0.05) is 36.0 Å². The predicted molar refractivity (Wildman–Crippen MR) is 102 cm³/mol. The van der Waals surface area contributed by atoms with Gasteiger partial charge >= 0.3 is 0 Å². The molecule has 0 amide bonds. The van der Waals surface area contributed by atoms with Gasteiger partial charge in [0.1, 0.15) is 5.75 Å². The predicted octanol–water partition coefficient (Wildman–Crippen LogP) is 5.75. The van der Waals surface area contributed by atoms with E-state index in [1.807, 2.05) is 11.8 Å². The molecule has 1 heterocycles. The first kappa shape index (κ1) is 13.5. The number of halogens is 2. The van der Waals surface area contributed by atoms with Crippen molar-refractivity contribution >= 4 is 56.9 Å². The monoisotopic (exact) mass is 518 g/mol. The van der Waals surface area contributed by atoms with Crippen LogP contribution < -0.4 is 4.74 Å². The highest BCUT2D eigenvalue weighted by Gasteiger charge is 2.59. The lowest BCUT2D eigenvalue weighted by molar-refractivity contribution is 0.154. The highest BCUT2D eigenvalue weighted by atomic mass is 127. The summed E-state index contributed by atoms with van der Waals surface area (Å²) in [6, 6.07) is 13.5. The van der Waals surface area contributed by atoms with Crippen LogP contribution in [0.2, 0.25) is 0 Å². The van der Waals surface area contributed by atoms with Crippen molar-refractivity contribution in [2.24, 2.45) is 0 Å². The molecular weight excluding hydrogens is 506 g/mol. The zero-order valence-electron chi connectivity index (χ0n) is 11.1. The topological polar surface area (TPSA) is 9.23 Å². The Bertz CT molecular complexity index is 775. The highest BCUT2D eigenvalue weighted by molar-refractivity contribution is 14.1. The van der Waals surface area contributed by atoms with Crippen LogP contribution in [-0.2, 0) is 0 Å². The van der Waals surface area contributed by atoms with E-state index >= 15 is 0 Å². The standard InChI is InChI=1S/C17H12I2OS/c18-10-6-14(19)16-15(7-10)21-17(20-16)8-9-5-13(17)12-4-2-1-3-11(9)12/h1-4,6-7,9,13H,5,8H2. The minimum absolute atomic E-state index is 0.0499. The Morgan fingerprint density at radius 2 is 1.95 bits per heavy atom. The van der Waals surface area contributed by atoms with Crippen LogP contribution >= 0.6 is 56.9 Å². The fourth-order valence-electron chi connectivity index (χ4n) is 4.15. The Kier molecular flexibility index (Phi) is 2.91. The molecule has 2 bridgehead atoms. The van der Waals surface area contributed by atoms with Crippen molar-refractivity contribution < 1.29 is 4.74 Å². The molecule has 2 aromatic carbocycles. The summed E-state index contributed by atoms with van der Waals surface area (Å²) in [5, 5.41) is 0. The molecule has 0 radical (unpaired) electrons. The number of rotatable bonds is 0. The molecule has 21 heavy (non-hydrogen) atoms. The Labute approximate surface area is 155 Å². The van der Waals surface area contributed by atoms with E-state index in [4.69, 9.17) is 4.74 Å². The van der Waals surface area contributed by atoms with Crippen LogP contribution in [0.15, 0.2) is 41.3 Å². The molecular formula is C17H12I2OS. The lowest BCUT2D eigenvalue weighted by Crippen LogP contribution is -2.34. The van der Waals surface area contributed by atoms with Crippen LogP contribution in [0.3, 0.4) is 0 Å². The molecule has 4 heteroatoms. The third kappa shape index (κ3) is 1.81. The molecule has 1 nitrogen and oxygen atoms in total. The van der Waals surface area contributed by atoms with Crippen molar-refractivity contribution in [2.45, 2.75) is 34.5 Å². The third-order valence-corrected chi connectivity index (χ3v) is 7.75. The Hall–Kier alpha value is 0.0500. The summed E-state index contributed by atoms with van der Waals surface area (Å²) in [6.45, 7) is 0. The van der Waals surface area contributed by atoms with Gasteiger partial charge in [0, 0.05) is 15.9 Å². The fourth-order valence-corrected chi connectivity index (χ4v) is 8.08. The molecule has 1 aliphatic heterocycles. The molecule has 106 valence electrons. The number of fused-ring (bicyclic) bond motifs is 7. The van der Waals surface area contributed by atoms with E-state index in [2.05, 4.69) is 81.6 Å². The van der Waals surface area contributed by atoms with Crippen molar-refractivity contribution in [1.29, 1.82) is 0 Å². The van der Waals surface area contributed by atoms with Crippen LogP contribution in [0.5, 0.6) is 5.75 Å². The van der Waals surface area contributed by atoms with E-state index in [9.17, 15) is 0 Å². The van der Waals surface area contributed by atoms with E-state index in [1.165, 1.54) is 24.0 Å². The minimum Gasteiger partial charge on any atom is -0.473 e. The van der Waals surface area contributed by atoms with Gasteiger partial charge in [0.15, 0.2) is 4.93 Å². The maximum absolute atomic E-state index is 6.58. The van der Waals surface area contributed by atoms with Gasteiger partial charge in [0.05, 0.1) is 8.47 Å². The number of hydrogen-bond acceptors (Lipinski definition) is 2. The summed E-state index contributed by atoms with van der Waals surface area (Å²) < 4.78 is 9.13. The molecule has 0 saturated heterocycles. The first-order valence-corrected chi connectivity index (χ1v) is 10.1. The Morgan fingerprint density at radius 3 is 2.81 bits per heavy atom. The van der Waals surface area contributed by atoms with Crippen molar-refractivity contribution in [3.63, 3.8) is 0 Å². The summed E-state index contributed by atoms with van der Waals surface area (Å²) in [4.78, 5) is 1.28. The van der Waals surface area contributed by atoms with Gasteiger partial charge in [0.2, 0.25) is 0 Å². The first-order valence-electron chi connectivity index (χ1n) is 7.12. The van der Waals surface area contributed by atoms with Crippen LogP contribution in [-0.4, -0.2) is 4.93 Å². The minimum atomic E-state index is -0.0499. The molecule has 3 aliphatic rings. The maximum atomic E-state index is 6.58. The molecule has 2 aliphatic carbocycles. The maximum Gasteiger partial charge on any atom is 0.166 e. The number of ether oxygens (including phenoxy) is 1. The molecule has 3 unspecified atom stereocenters. The average molecular weight is 518 g/mol. The Morgan fingerprint density at radius 1 is 1.14 bits per heavy atom. The summed E-state index contributed by atoms with van der Waals surface area (Å²) >= 11 is 6.78. The molecule has 0 N–H and O–H groups in total. The van der Waals surface area contributed by atoms with Crippen LogP contribution in [0.1, 0.15) is 35.8 Å². The van der Waals surface area contributed by atoms with Gasteiger partial charge in [-0.2, -0.15) is 0 Å². The molecule has 3 atom stereocenters.